The van der Waals surface area contributed by atoms with Crippen LogP contribution in [0, 0.1) is 13.8 Å². The van der Waals surface area contributed by atoms with Gasteiger partial charge in [0.2, 0.25) is 10.0 Å². The van der Waals surface area contributed by atoms with Crippen LogP contribution in [0.2, 0.25) is 0 Å². The summed E-state index contributed by atoms with van der Waals surface area (Å²) in [7, 11) is -5.93. The van der Waals surface area contributed by atoms with E-state index in [9.17, 15) is 26.4 Å². The fraction of sp³-hybridized carbons (Fsp3) is 0.500. The Morgan fingerprint density at radius 1 is 0.847 bits per heavy atom. The SMILES string of the molecule is CCCCCCCCCCCCCCOC(=O)c1ccc(C)c(NC(=O)C(=Nc2ccc(N(CC)CCNS(C)(=O)=O)cc2C)C2=NS(=O)(=O)c3ccccc3N2C)c1. The second-order valence-electron chi connectivity index (χ2n) is 15.1. The predicted octanol–water partition coefficient (Wildman–Crippen LogP) is 8.49. The van der Waals surface area contributed by atoms with Gasteiger partial charge in [0.15, 0.2) is 11.5 Å². The molecule has 0 aromatic heterocycles. The van der Waals surface area contributed by atoms with E-state index in [2.05, 4.69) is 21.4 Å². The molecule has 0 spiro atoms. The number of anilines is 3. The summed E-state index contributed by atoms with van der Waals surface area (Å²) in [6.07, 6.45) is 15.6. The molecule has 0 fully saturated rings. The van der Waals surface area contributed by atoms with Crippen LogP contribution >= 0.6 is 0 Å². The second-order valence-corrected chi connectivity index (χ2v) is 18.5. The van der Waals surface area contributed by atoms with Gasteiger partial charge < -0.3 is 19.9 Å². The van der Waals surface area contributed by atoms with Gasteiger partial charge >= 0.3 is 5.97 Å². The van der Waals surface area contributed by atoms with Crippen LogP contribution in [0.15, 0.2) is 74.9 Å². The van der Waals surface area contributed by atoms with Crippen LogP contribution < -0.4 is 19.8 Å². The molecule has 0 unspecified atom stereocenters. The highest BCUT2D eigenvalue weighted by atomic mass is 32.2. The zero-order valence-electron chi connectivity index (χ0n) is 35.6. The first kappa shape index (κ1) is 47.1. The molecule has 1 aliphatic heterocycles. The summed E-state index contributed by atoms with van der Waals surface area (Å²) in [5, 5.41) is 2.86. The van der Waals surface area contributed by atoms with Crippen LogP contribution in [-0.2, 0) is 29.6 Å². The van der Waals surface area contributed by atoms with E-state index in [-0.39, 0.29) is 28.6 Å². The molecule has 0 bridgehead atoms. The number of ether oxygens (including phenoxy) is 1. The Hall–Kier alpha value is -4.60. The number of para-hydroxylation sites is 1. The van der Waals surface area contributed by atoms with Crippen molar-refractivity contribution in [3.8, 4) is 0 Å². The standard InChI is InChI=1S/C44H62N6O7S2/c1-7-9-10-11-12-13-14-15-16-17-18-21-30-57-44(52)35-25-24-33(3)38(32-35)47-43(51)41(42-48-59(55,56)40-23-20-19-22-39(40)49(42)5)46-37-27-26-36(31-34(37)4)50(8-2)29-28-45-58(6,53)54/h19-20,22-27,31-32,45H,7-18,21,28-30H2,1-6H3,(H,47,51). The van der Waals surface area contributed by atoms with Crippen molar-refractivity contribution >= 4 is 66.2 Å². The molecule has 1 aliphatic rings. The van der Waals surface area contributed by atoms with Crippen molar-refractivity contribution in [3.05, 3.63) is 77.4 Å². The Labute approximate surface area is 351 Å². The van der Waals surface area contributed by atoms with Gasteiger partial charge in [0, 0.05) is 38.1 Å². The first-order valence-corrected chi connectivity index (χ1v) is 24.1. The number of nitrogens with one attached hydrogen (secondary N) is 2. The Balaban J connectivity index is 1.50. The maximum Gasteiger partial charge on any atom is 0.338 e. The number of amides is 1. The number of hydrogen-bond acceptors (Lipinski definition) is 10. The minimum Gasteiger partial charge on any atom is -0.462 e. The van der Waals surface area contributed by atoms with Crippen LogP contribution in [0.3, 0.4) is 0 Å². The maximum absolute atomic E-state index is 14.3. The van der Waals surface area contributed by atoms with Gasteiger partial charge in [-0.05, 0) is 80.8 Å². The van der Waals surface area contributed by atoms with Crippen LogP contribution in [0.1, 0.15) is 112 Å². The average Bonchev–Trinajstić information content (AvgIpc) is 3.19. The van der Waals surface area contributed by atoms with Crippen LogP contribution in [0.25, 0.3) is 0 Å². The first-order valence-electron chi connectivity index (χ1n) is 20.8. The fourth-order valence-electron chi connectivity index (χ4n) is 6.87. The van der Waals surface area contributed by atoms with Crippen LogP contribution in [-0.4, -0.2) is 79.8 Å². The van der Waals surface area contributed by atoms with Crippen molar-refractivity contribution in [1.82, 2.24) is 4.72 Å². The first-order chi connectivity index (χ1) is 28.1. The third kappa shape index (κ3) is 14.3. The van der Waals surface area contributed by atoms with E-state index in [4.69, 9.17) is 9.73 Å². The average molecular weight is 851 g/mol. The predicted molar refractivity (Wildman–Crippen MR) is 240 cm³/mol. The molecule has 15 heteroatoms. The number of fused-ring (bicyclic) bond motifs is 1. The van der Waals surface area contributed by atoms with Crippen molar-refractivity contribution in [1.29, 1.82) is 0 Å². The van der Waals surface area contributed by atoms with E-state index in [1.807, 2.05) is 24.8 Å². The summed E-state index contributed by atoms with van der Waals surface area (Å²) >= 11 is 0. The quantitative estimate of drug-likeness (QED) is 0.0511. The number of esters is 1. The normalized spacial score (nSPS) is 13.8. The lowest BCUT2D eigenvalue weighted by atomic mass is 10.1. The highest BCUT2D eigenvalue weighted by molar-refractivity contribution is 7.90. The van der Waals surface area contributed by atoms with Gasteiger partial charge in [0.1, 0.15) is 4.90 Å². The van der Waals surface area contributed by atoms with Gasteiger partial charge in [-0.2, -0.15) is 8.42 Å². The van der Waals surface area contributed by atoms with E-state index in [1.165, 1.54) is 68.8 Å². The minimum atomic E-state index is -4.20. The molecule has 13 nitrogen and oxygen atoms in total. The molecule has 3 aromatic carbocycles. The molecule has 0 saturated heterocycles. The summed E-state index contributed by atoms with van der Waals surface area (Å²) in [5.41, 5.74) is 3.22. The lowest BCUT2D eigenvalue weighted by Crippen LogP contribution is -2.43. The summed E-state index contributed by atoms with van der Waals surface area (Å²) in [5.74, 6) is -1.41. The number of carbonyl (C=O) groups is 2. The van der Waals surface area contributed by atoms with Gasteiger partial charge in [-0.15, -0.1) is 4.40 Å². The molecule has 59 heavy (non-hydrogen) atoms. The summed E-state index contributed by atoms with van der Waals surface area (Å²) < 4.78 is 62.3. The van der Waals surface area contributed by atoms with E-state index in [0.29, 0.717) is 47.9 Å². The van der Waals surface area contributed by atoms with Crippen molar-refractivity contribution in [2.45, 2.75) is 110 Å². The molecule has 1 heterocycles. The molecule has 3 aromatic rings. The zero-order valence-corrected chi connectivity index (χ0v) is 37.2. The summed E-state index contributed by atoms with van der Waals surface area (Å²) in [6, 6.07) is 16.7. The molecule has 322 valence electrons. The van der Waals surface area contributed by atoms with Gasteiger partial charge in [-0.3, -0.25) is 4.79 Å². The lowest BCUT2D eigenvalue weighted by Gasteiger charge is -2.27. The van der Waals surface area contributed by atoms with Crippen LogP contribution in [0.5, 0.6) is 0 Å². The highest BCUT2D eigenvalue weighted by Gasteiger charge is 2.34. The number of likely N-dealkylation sites (N-methyl/N-ethyl adjacent to an activating group) is 1. The third-order valence-corrected chi connectivity index (χ3v) is 12.4. The Bertz CT molecular complexity index is 2190. The molecule has 0 saturated carbocycles. The molecule has 2 N–H and O–H groups in total. The number of aryl methyl sites for hydroxylation is 2. The minimum absolute atomic E-state index is 0.00196. The zero-order chi connectivity index (χ0) is 43.0. The molecule has 4 rings (SSSR count). The summed E-state index contributed by atoms with van der Waals surface area (Å²) in [6.45, 7) is 9.33. The number of unbranched alkanes of at least 4 members (excludes halogenated alkanes) is 11. The van der Waals surface area contributed by atoms with E-state index < -0.39 is 31.9 Å². The van der Waals surface area contributed by atoms with Gasteiger partial charge in [-0.1, -0.05) is 95.8 Å². The third-order valence-electron chi connectivity index (χ3n) is 10.3. The molecule has 0 radical (unpaired) electrons. The highest BCUT2D eigenvalue weighted by Crippen LogP contribution is 2.32. The van der Waals surface area contributed by atoms with Crippen LogP contribution in [0.4, 0.5) is 22.7 Å². The van der Waals surface area contributed by atoms with E-state index in [0.717, 1.165) is 31.2 Å². The van der Waals surface area contributed by atoms with Crippen molar-refractivity contribution < 1.29 is 31.2 Å². The largest absolute Gasteiger partial charge is 0.462 e. The fourth-order valence-corrected chi connectivity index (χ4v) is 8.59. The van der Waals surface area contributed by atoms with Crippen molar-refractivity contribution in [2.75, 3.05) is 54.7 Å². The molecular weight excluding hydrogens is 789 g/mol. The smallest absolute Gasteiger partial charge is 0.338 e. The lowest BCUT2D eigenvalue weighted by molar-refractivity contribution is -0.110. The number of benzene rings is 3. The number of nitrogens with zero attached hydrogens (tertiary/aromatic N) is 4. The second kappa shape index (κ2) is 22.7. The Morgan fingerprint density at radius 2 is 1.49 bits per heavy atom. The molecule has 1 amide bonds. The molecular formula is C44H62N6O7S2. The Kier molecular flexibility index (Phi) is 18.1. The monoisotopic (exact) mass is 850 g/mol. The number of amidine groups is 1. The van der Waals surface area contributed by atoms with E-state index in [1.54, 1.807) is 62.5 Å². The number of sulfonamides is 2. The van der Waals surface area contributed by atoms with Gasteiger partial charge in [0.25, 0.3) is 15.9 Å². The number of carbonyl (C=O) groups excluding carboxylic acids is 2. The molecule has 0 aliphatic carbocycles. The van der Waals surface area contributed by atoms with Gasteiger partial charge in [-0.25, -0.2) is 22.9 Å². The maximum atomic E-state index is 14.3. The Morgan fingerprint density at radius 3 is 2.12 bits per heavy atom. The number of rotatable bonds is 24. The topological polar surface area (TPSA) is 167 Å². The van der Waals surface area contributed by atoms with E-state index >= 15 is 0 Å². The number of hydrogen-bond donors (Lipinski definition) is 2. The molecule has 0 atom stereocenters. The van der Waals surface area contributed by atoms with Crippen molar-refractivity contribution in [2.24, 2.45) is 9.39 Å². The summed E-state index contributed by atoms with van der Waals surface area (Å²) in [4.78, 5) is 35.7. The van der Waals surface area contributed by atoms with Gasteiger partial charge in [0.05, 0.1) is 29.8 Å². The number of aliphatic imine (C=N–C) groups is 1. The van der Waals surface area contributed by atoms with Crippen molar-refractivity contribution in [3.63, 3.8) is 0 Å².